The van der Waals surface area contributed by atoms with Crippen LogP contribution >= 0.6 is 22.6 Å². The van der Waals surface area contributed by atoms with Crippen LogP contribution in [0, 0.1) is 3.57 Å². The summed E-state index contributed by atoms with van der Waals surface area (Å²) in [5, 5.41) is 5.47. The van der Waals surface area contributed by atoms with Crippen molar-refractivity contribution in [3.8, 4) is 0 Å². The van der Waals surface area contributed by atoms with Crippen LogP contribution in [-0.4, -0.2) is 5.91 Å². The van der Waals surface area contributed by atoms with Crippen LogP contribution < -0.4 is 10.9 Å². The third-order valence-corrected chi connectivity index (χ3v) is 4.95. The molecule has 122 valence electrons. The third-order valence-electron chi connectivity index (χ3n) is 4.01. The summed E-state index contributed by atoms with van der Waals surface area (Å²) < 4.78 is 6.26. The third kappa shape index (κ3) is 2.91. The molecule has 4 rings (SSSR count). The lowest BCUT2D eigenvalue weighted by molar-refractivity contribution is 0.102. The van der Waals surface area contributed by atoms with Gasteiger partial charge >= 0.3 is 5.63 Å². The maximum atomic E-state index is 12.6. The van der Waals surface area contributed by atoms with Gasteiger partial charge in [0.05, 0.1) is 5.69 Å². The molecule has 4 nitrogen and oxygen atoms in total. The standard InChI is InChI=1S/C20H12INO3/c21-16-7-3-4-8-17(16)22-19(23)15-11-14-13-6-2-1-5-12(13)9-10-18(14)25-20(15)24/h1-11H,(H,22,23). The molecule has 0 atom stereocenters. The number of rotatable bonds is 2. The van der Waals surface area contributed by atoms with Gasteiger partial charge in [0.25, 0.3) is 5.91 Å². The van der Waals surface area contributed by atoms with Crippen LogP contribution in [0.15, 0.2) is 75.9 Å². The van der Waals surface area contributed by atoms with Gasteiger partial charge in [0.2, 0.25) is 0 Å². The van der Waals surface area contributed by atoms with Crippen molar-refractivity contribution in [3.05, 3.63) is 86.3 Å². The van der Waals surface area contributed by atoms with Crippen LogP contribution in [0.4, 0.5) is 5.69 Å². The van der Waals surface area contributed by atoms with Crippen molar-refractivity contribution in [2.24, 2.45) is 0 Å². The molecule has 0 saturated carbocycles. The first-order valence-electron chi connectivity index (χ1n) is 7.65. The molecule has 3 aromatic carbocycles. The minimum atomic E-state index is -0.647. The topological polar surface area (TPSA) is 59.3 Å². The second-order valence-corrected chi connectivity index (χ2v) is 6.74. The van der Waals surface area contributed by atoms with Gasteiger partial charge in [-0.05, 0) is 57.6 Å². The smallest absolute Gasteiger partial charge is 0.349 e. The van der Waals surface area contributed by atoms with E-state index in [1.165, 1.54) is 0 Å². The Morgan fingerprint density at radius 3 is 2.52 bits per heavy atom. The minimum Gasteiger partial charge on any atom is -0.422 e. The van der Waals surface area contributed by atoms with Gasteiger partial charge in [-0.25, -0.2) is 4.79 Å². The summed E-state index contributed by atoms with van der Waals surface area (Å²) in [7, 11) is 0. The predicted molar refractivity (Wildman–Crippen MR) is 107 cm³/mol. The van der Waals surface area contributed by atoms with Gasteiger partial charge in [0, 0.05) is 8.96 Å². The number of hydrogen-bond donors (Lipinski definition) is 1. The lowest BCUT2D eigenvalue weighted by atomic mass is 10.0. The highest BCUT2D eigenvalue weighted by Gasteiger charge is 2.16. The Kier molecular flexibility index (Phi) is 4.01. The number of anilines is 1. The second-order valence-electron chi connectivity index (χ2n) is 5.58. The van der Waals surface area contributed by atoms with Crippen LogP contribution in [0.3, 0.4) is 0 Å². The average molecular weight is 441 g/mol. The first-order chi connectivity index (χ1) is 12.1. The Morgan fingerprint density at radius 1 is 0.920 bits per heavy atom. The maximum absolute atomic E-state index is 12.6. The zero-order valence-electron chi connectivity index (χ0n) is 13.0. The Hall–Kier alpha value is -2.67. The second kappa shape index (κ2) is 6.33. The molecule has 0 aliphatic carbocycles. The van der Waals surface area contributed by atoms with Gasteiger partial charge < -0.3 is 9.73 Å². The number of para-hydroxylation sites is 1. The monoisotopic (exact) mass is 441 g/mol. The first kappa shape index (κ1) is 15.8. The molecule has 0 saturated heterocycles. The molecule has 0 unspecified atom stereocenters. The van der Waals surface area contributed by atoms with E-state index in [4.69, 9.17) is 4.42 Å². The van der Waals surface area contributed by atoms with Gasteiger partial charge in [0.15, 0.2) is 0 Å². The number of amides is 1. The fourth-order valence-electron chi connectivity index (χ4n) is 2.78. The molecule has 0 bridgehead atoms. The van der Waals surface area contributed by atoms with Gasteiger partial charge in [-0.15, -0.1) is 0 Å². The SMILES string of the molecule is O=C(Nc1ccccc1I)c1cc2c(ccc3ccccc32)oc1=O. The molecule has 5 heteroatoms. The molecule has 0 aliphatic rings. The minimum absolute atomic E-state index is 0.0106. The largest absolute Gasteiger partial charge is 0.422 e. The zero-order valence-corrected chi connectivity index (χ0v) is 15.1. The van der Waals surface area contributed by atoms with Crippen molar-refractivity contribution in [1.29, 1.82) is 0 Å². The first-order valence-corrected chi connectivity index (χ1v) is 8.73. The number of nitrogens with one attached hydrogen (secondary N) is 1. The van der Waals surface area contributed by atoms with E-state index in [1.54, 1.807) is 18.2 Å². The summed E-state index contributed by atoms with van der Waals surface area (Å²) >= 11 is 2.13. The molecule has 25 heavy (non-hydrogen) atoms. The number of carbonyl (C=O) groups excluding carboxylic acids is 1. The summed E-state index contributed by atoms with van der Waals surface area (Å²) in [5.41, 5.74) is 0.467. The van der Waals surface area contributed by atoms with Gasteiger partial charge in [0.1, 0.15) is 11.1 Å². The summed E-state index contributed by atoms with van der Waals surface area (Å²) in [6.45, 7) is 0. The van der Waals surface area contributed by atoms with E-state index in [-0.39, 0.29) is 5.56 Å². The van der Waals surface area contributed by atoms with E-state index in [9.17, 15) is 9.59 Å². The molecular formula is C20H12INO3. The molecular weight excluding hydrogens is 429 g/mol. The molecule has 0 spiro atoms. The van der Waals surface area contributed by atoms with Gasteiger partial charge in [-0.3, -0.25) is 4.79 Å². The normalized spacial score (nSPS) is 10.9. The number of fused-ring (bicyclic) bond motifs is 3. The van der Waals surface area contributed by atoms with Crippen LogP contribution in [0.5, 0.6) is 0 Å². The molecule has 0 aliphatic heterocycles. The van der Waals surface area contributed by atoms with E-state index in [1.807, 2.05) is 48.5 Å². The molecule has 1 N–H and O–H groups in total. The highest BCUT2D eigenvalue weighted by molar-refractivity contribution is 14.1. The molecule has 0 fully saturated rings. The van der Waals surface area contributed by atoms with Crippen molar-refractivity contribution in [2.45, 2.75) is 0 Å². The lowest BCUT2D eigenvalue weighted by Gasteiger charge is -2.08. The Bertz CT molecular complexity index is 1180. The molecule has 1 amide bonds. The van der Waals surface area contributed by atoms with Gasteiger partial charge in [-0.2, -0.15) is 0 Å². The van der Waals surface area contributed by atoms with E-state index < -0.39 is 11.5 Å². The molecule has 0 radical (unpaired) electrons. The van der Waals surface area contributed by atoms with Crippen molar-refractivity contribution in [2.75, 3.05) is 5.32 Å². The molecule has 1 aromatic heterocycles. The van der Waals surface area contributed by atoms with Gasteiger partial charge in [-0.1, -0.05) is 42.5 Å². The number of hydrogen-bond acceptors (Lipinski definition) is 3. The Labute approximate surface area is 156 Å². The number of carbonyl (C=O) groups is 1. The quantitative estimate of drug-likeness (QED) is 0.276. The summed E-state index contributed by atoms with van der Waals surface area (Å²) in [4.78, 5) is 24.8. The van der Waals surface area contributed by atoms with E-state index in [0.29, 0.717) is 11.3 Å². The van der Waals surface area contributed by atoms with Crippen molar-refractivity contribution in [1.82, 2.24) is 0 Å². The Morgan fingerprint density at radius 2 is 1.68 bits per heavy atom. The van der Waals surface area contributed by atoms with Crippen LogP contribution in [0.25, 0.3) is 21.7 Å². The zero-order chi connectivity index (χ0) is 17.4. The summed E-state index contributed by atoms with van der Waals surface area (Å²) in [6, 6.07) is 20.4. The maximum Gasteiger partial charge on any atom is 0.349 e. The number of benzene rings is 3. The fourth-order valence-corrected chi connectivity index (χ4v) is 3.30. The van der Waals surface area contributed by atoms with Crippen molar-refractivity contribution in [3.63, 3.8) is 0 Å². The lowest BCUT2D eigenvalue weighted by Crippen LogP contribution is -2.21. The fraction of sp³-hybridized carbons (Fsp3) is 0. The van der Waals surface area contributed by atoms with Crippen LogP contribution in [-0.2, 0) is 0 Å². The average Bonchev–Trinajstić information content (AvgIpc) is 2.62. The predicted octanol–water partition coefficient (Wildman–Crippen LogP) is 4.80. The van der Waals surface area contributed by atoms with Crippen molar-refractivity contribution < 1.29 is 9.21 Å². The van der Waals surface area contributed by atoms with E-state index in [2.05, 4.69) is 27.9 Å². The van der Waals surface area contributed by atoms with Crippen LogP contribution in [0.1, 0.15) is 10.4 Å². The number of halogens is 1. The van der Waals surface area contributed by atoms with Crippen LogP contribution in [0.2, 0.25) is 0 Å². The van der Waals surface area contributed by atoms with Crippen molar-refractivity contribution >= 4 is 55.9 Å². The summed E-state index contributed by atoms with van der Waals surface area (Å²) in [6.07, 6.45) is 0. The van der Waals surface area contributed by atoms with E-state index >= 15 is 0 Å². The highest BCUT2D eigenvalue weighted by Crippen LogP contribution is 2.25. The Balaban J connectivity index is 1.85. The highest BCUT2D eigenvalue weighted by atomic mass is 127. The summed E-state index contributed by atoms with van der Waals surface area (Å²) in [5.74, 6) is -0.479. The molecule has 1 heterocycles. The van der Waals surface area contributed by atoms with E-state index in [0.717, 1.165) is 19.7 Å². The molecule has 4 aromatic rings.